The van der Waals surface area contributed by atoms with Crippen molar-refractivity contribution >= 4 is 11.8 Å². The van der Waals surface area contributed by atoms with E-state index in [1.54, 1.807) is 19.2 Å². The first-order chi connectivity index (χ1) is 8.19. The number of nitrogens with two attached hydrogens (primary N) is 1. The van der Waals surface area contributed by atoms with Gasteiger partial charge in [0.2, 0.25) is 0 Å². The molecule has 0 radical (unpaired) electrons. The number of anilines is 1. The van der Waals surface area contributed by atoms with E-state index in [-0.39, 0.29) is 12.1 Å². The maximum atomic E-state index is 11.6. The SMILES string of the molecule is COc1ccccc1NC(=O)OC1CC(N)C1. The monoisotopic (exact) mass is 236 g/mol. The highest BCUT2D eigenvalue weighted by Gasteiger charge is 2.29. The van der Waals surface area contributed by atoms with Crippen molar-refractivity contribution in [3.8, 4) is 5.75 Å². The second kappa shape index (κ2) is 5.05. The quantitative estimate of drug-likeness (QED) is 0.838. The summed E-state index contributed by atoms with van der Waals surface area (Å²) in [6.45, 7) is 0. The number of benzene rings is 1. The van der Waals surface area contributed by atoms with Crippen molar-refractivity contribution in [2.24, 2.45) is 5.73 Å². The topological polar surface area (TPSA) is 73.6 Å². The van der Waals surface area contributed by atoms with Crippen LogP contribution in [0.2, 0.25) is 0 Å². The largest absolute Gasteiger partial charge is 0.495 e. The molecule has 0 unspecified atom stereocenters. The van der Waals surface area contributed by atoms with E-state index < -0.39 is 6.09 Å². The molecule has 0 spiro atoms. The molecule has 1 saturated carbocycles. The standard InChI is InChI=1S/C12H16N2O3/c1-16-11-5-3-2-4-10(11)14-12(15)17-9-6-8(13)7-9/h2-5,8-9H,6-7,13H2,1H3,(H,14,15). The van der Waals surface area contributed by atoms with Crippen LogP contribution in [0.1, 0.15) is 12.8 Å². The number of hydrogen-bond donors (Lipinski definition) is 2. The summed E-state index contributed by atoms with van der Waals surface area (Å²) in [7, 11) is 1.55. The van der Waals surface area contributed by atoms with E-state index in [0.717, 1.165) is 12.8 Å². The predicted octanol–water partition coefficient (Wildman–Crippen LogP) is 1.73. The maximum Gasteiger partial charge on any atom is 0.412 e. The molecular formula is C12H16N2O3. The van der Waals surface area contributed by atoms with E-state index in [4.69, 9.17) is 15.2 Å². The maximum absolute atomic E-state index is 11.6. The molecule has 0 bridgehead atoms. The molecule has 1 aliphatic rings. The van der Waals surface area contributed by atoms with Gasteiger partial charge in [-0.25, -0.2) is 4.79 Å². The van der Waals surface area contributed by atoms with Crippen LogP contribution in [0.3, 0.4) is 0 Å². The lowest BCUT2D eigenvalue weighted by Crippen LogP contribution is -2.43. The summed E-state index contributed by atoms with van der Waals surface area (Å²) in [6, 6.07) is 7.35. The highest BCUT2D eigenvalue weighted by molar-refractivity contribution is 5.86. The van der Waals surface area contributed by atoms with Crippen LogP contribution < -0.4 is 15.8 Å². The molecule has 92 valence electrons. The van der Waals surface area contributed by atoms with E-state index >= 15 is 0 Å². The van der Waals surface area contributed by atoms with E-state index in [0.29, 0.717) is 11.4 Å². The molecule has 0 heterocycles. The van der Waals surface area contributed by atoms with Gasteiger partial charge in [0.05, 0.1) is 12.8 Å². The molecule has 1 fully saturated rings. The smallest absolute Gasteiger partial charge is 0.412 e. The number of carbonyl (C=O) groups is 1. The van der Waals surface area contributed by atoms with Gasteiger partial charge in [-0.3, -0.25) is 5.32 Å². The molecule has 2 rings (SSSR count). The fourth-order valence-corrected chi connectivity index (χ4v) is 1.74. The molecule has 0 atom stereocenters. The molecule has 0 aliphatic heterocycles. The number of ether oxygens (including phenoxy) is 2. The van der Waals surface area contributed by atoms with Crippen molar-refractivity contribution < 1.29 is 14.3 Å². The summed E-state index contributed by atoms with van der Waals surface area (Å²) in [5.74, 6) is 0.606. The number of carbonyl (C=O) groups excluding carboxylic acids is 1. The van der Waals surface area contributed by atoms with E-state index in [1.165, 1.54) is 0 Å². The molecule has 5 nitrogen and oxygen atoms in total. The average Bonchev–Trinajstić information content (AvgIpc) is 2.27. The van der Waals surface area contributed by atoms with Crippen LogP contribution in [-0.4, -0.2) is 25.3 Å². The molecule has 1 aromatic rings. The van der Waals surface area contributed by atoms with Gasteiger partial charge in [0.1, 0.15) is 11.9 Å². The van der Waals surface area contributed by atoms with Crippen LogP contribution in [0.25, 0.3) is 0 Å². The van der Waals surface area contributed by atoms with E-state index in [2.05, 4.69) is 5.32 Å². The van der Waals surface area contributed by atoms with Crippen molar-refractivity contribution in [2.75, 3.05) is 12.4 Å². The van der Waals surface area contributed by atoms with Crippen LogP contribution in [-0.2, 0) is 4.74 Å². The Morgan fingerprint density at radius 3 is 2.76 bits per heavy atom. The summed E-state index contributed by atoms with van der Waals surface area (Å²) in [5.41, 5.74) is 6.21. The molecule has 5 heteroatoms. The fourth-order valence-electron chi connectivity index (χ4n) is 1.74. The number of nitrogens with one attached hydrogen (secondary N) is 1. The van der Waals surface area contributed by atoms with Crippen molar-refractivity contribution in [1.82, 2.24) is 0 Å². The molecule has 0 saturated heterocycles. The summed E-state index contributed by atoms with van der Waals surface area (Å²) >= 11 is 0. The normalized spacial score (nSPS) is 22.5. The van der Waals surface area contributed by atoms with Crippen LogP contribution in [0, 0.1) is 0 Å². The number of rotatable bonds is 3. The van der Waals surface area contributed by atoms with Crippen LogP contribution in [0.4, 0.5) is 10.5 Å². The van der Waals surface area contributed by atoms with Crippen molar-refractivity contribution in [2.45, 2.75) is 25.0 Å². The lowest BCUT2D eigenvalue weighted by molar-refractivity contribution is 0.0502. The van der Waals surface area contributed by atoms with Gasteiger partial charge in [0.15, 0.2) is 0 Å². The predicted molar refractivity (Wildman–Crippen MR) is 64.1 cm³/mol. The third-order valence-corrected chi connectivity index (χ3v) is 2.75. The number of amides is 1. The van der Waals surface area contributed by atoms with Crippen molar-refractivity contribution in [3.05, 3.63) is 24.3 Å². The van der Waals surface area contributed by atoms with Gasteiger partial charge < -0.3 is 15.2 Å². The minimum Gasteiger partial charge on any atom is -0.495 e. The summed E-state index contributed by atoms with van der Waals surface area (Å²) in [4.78, 5) is 11.6. The summed E-state index contributed by atoms with van der Waals surface area (Å²) in [5, 5.41) is 2.65. The zero-order valence-electron chi connectivity index (χ0n) is 9.68. The van der Waals surface area contributed by atoms with Gasteiger partial charge in [-0.2, -0.15) is 0 Å². The molecular weight excluding hydrogens is 220 g/mol. The molecule has 1 amide bonds. The Balaban J connectivity index is 1.89. The fraction of sp³-hybridized carbons (Fsp3) is 0.417. The molecule has 1 aliphatic carbocycles. The van der Waals surface area contributed by atoms with Gasteiger partial charge in [-0.1, -0.05) is 12.1 Å². The number of para-hydroxylation sites is 2. The van der Waals surface area contributed by atoms with Gasteiger partial charge in [-0.05, 0) is 25.0 Å². The lowest BCUT2D eigenvalue weighted by Gasteiger charge is -2.31. The molecule has 17 heavy (non-hydrogen) atoms. The molecule has 0 aromatic heterocycles. The Labute approximate surface area is 99.9 Å². The third-order valence-electron chi connectivity index (χ3n) is 2.75. The minimum absolute atomic E-state index is 0.0558. The zero-order valence-corrected chi connectivity index (χ0v) is 9.68. The Morgan fingerprint density at radius 1 is 1.41 bits per heavy atom. The first-order valence-electron chi connectivity index (χ1n) is 5.55. The minimum atomic E-state index is -0.466. The molecule has 3 N–H and O–H groups in total. The van der Waals surface area contributed by atoms with Gasteiger partial charge in [0.25, 0.3) is 0 Å². The average molecular weight is 236 g/mol. The Hall–Kier alpha value is -1.75. The van der Waals surface area contributed by atoms with E-state index in [9.17, 15) is 4.79 Å². The first-order valence-corrected chi connectivity index (χ1v) is 5.55. The Morgan fingerprint density at radius 2 is 2.12 bits per heavy atom. The second-order valence-electron chi connectivity index (χ2n) is 4.08. The van der Waals surface area contributed by atoms with Crippen molar-refractivity contribution in [1.29, 1.82) is 0 Å². The first kappa shape index (κ1) is 11.7. The number of hydrogen-bond acceptors (Lipinski definition) is 4. The lowest BCUT2D eigenvalue weighted by atomic mass is 9.90. The second-order valence-corrected chi connectivity index (χ2v) is 4.08. The van der Waals surface area contributed by atoms with Gasteiger partial charge in [-0.15, -0.1) is 0 Å². The number of methoxy groups -OCH3 is 1. The highest BCUT2D eigenvalue weighted by Crippen LogP contribution is 2.25. The zero-order chi connectivity index (χ0) is 12.3. The third kappa shape index (κ3) is 2.88. The van der Waals surface area contributed by atoms with Crippen LogP contribution in [0.15, 0.2) is 24.3 Å². The van der Waals surface area contributed by atoms with Gasteiger partial charge in [0, 0.05) is 6.04 Å². The van der Waals surface area contributed by atoms with Crippen LogP contribution in [0.5, 0.6) is 5.75 Å². The Kier molecular flexibility index (Phi) is 3.49. The van der Waals surface area contributed by atoms with Gasteiger partial charge >= 0.3 is 6.09 Å². The molecule has 1 aromatic carbocycles. The summed E-state index contributed by atoms with van der Waals surface area (Å²) < 4.78 is 10.3. The van der Waals surface area contributed by atoms with Crippen molar-refractivity contribution in [3.63, 3.8) is 0 Å². The van der Waals surface area contributed by atoms with E-state index in [1.807, 2.05) is 12.1 Å². The highest BCUT2D eigenvalue weighted by atomic mass is 16.6. The summed E-state index contributed by atoms with van der Waals surface area (Å²) in [6.07, 6.45) is 0.949. The van der Waals surface area contributed by atoms with Crippen LogP contribution >= 0.6 is 0 Å². The Bertz CT molecular complexity index is 402.